The first-order valence-corrected chi connectivity index (χ1v) is 13.9. The lowest BCUT2D eigenvalue weighted by Crippen LogP contribution is -2.59. The third kappa shape index (κ3) is 6.39. The summed E-state index contributed by atoms with van der Waals surface area (Å²) in [6, 6.07) is 5.80. The second kappa shape index (κ2) is 9.73. The topological polar surface area (TPSA) is 101 Å². The summed E-state index contributed by atoms with van der Waals surface area (Å²) >= 11 is 0. The van der Waals surface area contributed by atoms with Crippen LogP contribution in [0.15, 0.2) is 18.2 Å². The lowest BCUT2D eigenvalue weighted by molar-refractivity contribution is -0.146. The van der Waals surface area contributed by atoms with Crippen molar-refractivity contribution in [2.24, 2.45) is 0 Å². The van der Waals surface area contributed by atoms with Gasteiger partial charge in [-0.3, -0.25) is 14.4 Å². The maximum absolute atomic E-state index is 11.7. The third-order valence-electron chi connectivity index (χ3n) is 4.34. The first-order chi connectivity index (χ1) is 13.9. The second-order valence-corrected chi connectivity index (χ2v) is 13.2. The number of hydrogen-bond acceptors (Lipinski definition) is 9. The van der Waals surface area contributed by atoms with Crippen LogP contribution in [0.5, 0.6) is 5.75 Å². The number of rotatable bonds is 8. The smallest absolute Gasteiger partial charge is 0.520 e. The first-order valence-electron chi connectivity index (χ1n) is 9.64. The molecule has 1 unspecified atom stereocenters. The average Bonchev–Trinajstić information content (AvgIpc) is 2.58. The van der Waals surface area contributed by atoms with Crippen LogP contribution in [-0.2, 0) is 38.7 Å². The molecule has 0 saturated heterocycles. The SMILES string of the molecule is CC(=O)O[Si](OC(C)=O)(OC(C)=O)c1ccc2c(c1)CO[Si](C)(CCCN(C)C)O2. The summed E-state index contributed by atoms with van der Waals surface area (Å²) in [7, 11) is -2.47. The Kier molecular flexibility index (Phi) is 7.80. The number of nitrogens with zero attached hydrogens (tertiary/aromatic N) is 1. The minimum absolute atomic E-state index is 0.298. The second-order valence-electron chi connectivity index (χ2n) is 7.59. The molecule has 0 N–H and O–H groups in total. The lowest BCUT2D eigenvalue weighted by Gasteiger charge is -2.34. The van der Waals surface area contributed by atoms with Crippen molar-refractivity contribution in [1.82, 2.24) is 4.90 Å². The van der Waals surface area contributed by atoms with Gasteiger partial charge in [0.2, 0.25) is 0 Å². The van der Waals surface area contributed by atoms with Crippen LogP contribution in [0.1, 0.15) is 32.8 Å². The van der Waals surface area contributed by atoms with Crippen molar-refractivity contribution < 1.29 is 36.5 Å². The van der Waals surface area contributed by atoms with Gasteiger partial charge in [0.1, 0.15) is 5.75 Å². The molecule has 1 atom stereocenters. The predicted molar refractivity (Wildman–Crippen MR) is 112 cm³/mol. The number of fused-ring (bicyclic) bond motifs is 1. The van der Waals surface area contributed by atoms with Crippen molar-refractivity contribution in [2.75, 3.05) is 20.6 Å². The van der Waals surface area contributed by atoms with Gasteiger partial charge in [-0.1, -0.05) is 0 Å². The summed E-state index contributed by atoms with van der Waals surface area (Å²) in [5.74, 6) is -1.51. The molecule has 0 fully saturated rings. The molecule has 30 heavy (non-hydrogen) atoms. The van der Waals surface area contributed by atoms with E-state index in [1.165, 1.54) is 0 Å². The molecule has 166 valence electrons. The molecule has 0 spiro atoms. The number of hydrogen-bond donors (Lipinski definition) is 0. The van der Waals surface area contributed by atoms with Crippen LogP contribution in [0, 0.1) is 0 Å². The molecule has 0 saturated carbocycles. The molecule has 1 aromatic carbocycles. The van der Waals surface area contributed by atoms with Gasteiger partial charge in [0.25, 0.3) is 17.9 Å². The zero-order chi connectivity index (χ0) is 22.5. The number of carbonyl (C=O) groups is 3. The Hall–Kier alpha value is -2.22. The van der Waals surface area contributed by atoms with Crippen LogP contribution < -0.4 is 9.61 Å². The summed E-state index contributed by atoms with van der Waals surface area (Å²) in [4.78, 5) is 37.2. The molecule has 0 radical (unpaired) electrons. The lowest BCUT2D eigenvalue weighted by atomic mass is 10.2. The fourth-order valence-corrected chi connectivity index (χ4v) is 7.60. The summed E-state index contributed by atoms with van der Waals surface area (Å²) in [5.41, 5.74) is 0.702. The number of benzene rings is 1. The quantitative estimate of drug-likeness (QED) is 0.539. The highest BCUT2D eigenvalue weighted by atomic mass is 28.4. The van der Waals surface area contributed by atoms with Gasteiger partial charge in [-0.25, -0.2) is 0 Å². The van der Waals surface area contributed by atoms with Crippen LogP contribution in [0.3, 0.4) is 0 Å². The normalized spacial score (nSPS) is 18.2. The Balaban J connectivity index is 2.33. The highest BCUT2D eigenvalue weighted by Crippen LogP contribution is 2.32. The molecule has 1 aliphatic rings. The van der Waals surface area contributed by atoms with E-state index in [0.29, 0.717) is 23.1 Å². The van der Waals surface area contributed by atoms with E-state index in [9.17, 15) is 14.4 Å². The van der Waals surface area contributed by atoms with E-state index in [-0.39, 0.29) is 0 Å². The van der Waals surface area contributed by atoms with Crippen molar-refractivity contribution in [3.8, 4) is 5.75 Å². The molecule has 1 aliphatic heterocycles. The molecular formula is C19H29NO8Si2. The largest absolute Gasteiger partial charge is 0.742 e. The molecule has 0 aromatic heterocycles. The molecule has 11 heteroatoms. The summed E-state index contributed by atoms with van der Waals surface area (Å²) in [6.07, 6.45) is 0.963. The zero-order valence-corrected chi connectivity index (χ0v) is 20.3. The van der Waals surface area contributed by atoms with Crippen LogP contribution in [0.4, 0.5) is 0 Å². The highest BCUT2D eigenvalue weighted by molar-refractivity contribution is 6.79. The van der Waals surface area contributed by atoms with E-state index in [1.807, 2.05) is 20.6 Å². The molecule has 2 rings (SSSR count). The zero-order valence-electron chi connectivity index (χ0n) is 18.3. The number of carbonyl (C=O) groups excluding carboxylic acids is 3. The van der Waals surface area contributed by atoms with Crippen LogP contribution in [0.2, 0.25) is 12.6 Å². The molecule has 0 aliphatic carbocycles. The van der Waals surface area contributed by atoms with Crippen molar-refractivity contribution in [1.29, 1.82) is 0 Å². The van der Waals surface area contributed by atoms with Crippen LogP contribution in [0.25, 0.3) is 0 Å². The van der Waals surface area contributed by atoms with Crippen molar-refractivity contribution in [2.45, 2.75) is 46.4 Å². The molecule has 1 aromatic rings. The monoisotopic (exact) mass is 455 g/mol. The van der Waals surface area contributed by atoms with E-state index in [0.717, 1.165) is 39.8 Å². The summed E-state index contributed by atoms with van der Waals surface area (Å²) in [5, 5.41) is 0.298. The van der Waals surface area contributed by atoms with E-state index < -0.39 is 35.3 Å². The molecule has 0 bridgehead atoms. The van der Waals surface area contributed by atoms with E-state index in [4.69, 9.17) is 22.1 Å². The van der Waals surface area contributed by atoms with E-state index >= 15 is 0 Å². The van der Waals surface area contributed by atoms with Gasteiger partial charge >= 0.3 is 17.4 Å². The minimum Gasteiger partial charge on any atom is -0.520 e. The van der Waals surface area contributed by atoms with Gasteiger partial charge in [-0.15, -0.1) is 0 Å². The summed E-state index contributed by atoms with van der Waals surface area (Å²) in [6.45, 7) is 6.74. The maximum Gasteiger partial charge on any atom is 0.742 e. The molecule has 9 nitrogen and oxygen atoms in total. The average molecular weight is 456 g/mol. The molecule has 0 amide bonds. The predicted octanol–water partition coefficient (Wildman–Crippen LogP) is 1.45. The Bertz CT molecular complexity index is 775. The van der Waals surface area contributed by atoms with E-state index in [2.05, 4.69) is 4.90 Å². The fraction of sp³-hybridized carbons (Fsp3) is 0.526. The molecular weight excluding hydrogens is 426 g/mol. The van der Waals surface area contributed by atoms with Crippen molar-refractivity contribution in [3.63, 3.8) is 0 Å². The Labute approximate surface area is 178 Å². The van der Waals surface area contributed by atoms with Crippen LogP contribution >= 0.6 is 0 Å². The van der Waals surface area contributed by atoms with Gasteiger partial charge in [0.05, 0.1) is 11.8 Å². The van der Waals surface area contributed by atoms with Gasteiger partial charge in [-0.2, -0.15) is 0 Å². The Morgan fingerprint density at radius 1 is 1.07 bits per heavy atom. The first kappa shape index (κ1) is 24.1. The minimum atomic E-state index is -4.14. The standard InChI is InChI=1S/C19H29NO8Si2/c1-14(21)25-30(26-15(2)22,27-16(3)23)18-8-9-19-17(12-18)13-24-29(6,28-19)11-7-10-20(4)5/h8-9,12H,7,10-11,13H2,1-6H3. The Morgan fingerprint density at radius 2 is 1.63 bits per heavy atom. The van der Waals surface area contributed by atoms with Crippen LogP contribution in [-0.4, -0.2) is 60.8 Å². The van der Waals surface area contributed by atoms with Crippen molar-refractivity contribution >= 4 is 40.5 Å². The van der Waals surface area contributed by atoms with Gasteiger partial charge in [0.15, 0.2) is 0 Å². The fourth-order valence-electron chi connectivity index (χ4n) is 3.12. The van der Waals surface area contributed by atoms with Gasteiger partial charge < -0.3 is 27.0 Å². The van der Waals surface area contributed by atoms with Gasteiger partial charge in [-0.05, 0) is 51.8 Å². The highest BCUT2D eigenvalue weighted by Gasteiger charge is 2.55. The summed E-state index contributed by atoms with van der Waals surface area (Å²) < 4.78 is 28.1. The maximum atomic E-state index is 11.7. The Morgan fingerprint density at radius 3 is 2.13 bits per heavy atom. The van der Waals surface area contributed by atoms with Gasteiger partial charge in [0, 0.05) is 32.4 Å². The third-order valence-corrected chi connectivity index (χ3v) is 9.70. The van der Waals surface area contributed by atoms with Crippen molar-refractivity contribution in [3.05, 3.63) is 23.8 Å². The molecule has 1 heterocycles. The van der Waals surface area contributed by atoms with E-state index in [1.54, 1.807) is 18.2 Å².